The van der Waals surface area contributed by atoms with Gasteiger partial charge in [0.1, 0.15) is 12.2 Å². The van der Waals surface area contributed by atoms with Crippen molar-refractivity contribution in [2.45, 2.75) is 37.9 Å². The zero-order valence-electron chi connectivity index (χ0n) is 7.98. The molecule has 0 aliphatic heterocycles. The lowest BCUT2D eigenvalue weighted by Gasteiger charge is -2.28. The van der Waals surface area contributed by atoms with Gasteiger partial charge in [0.2, 0.25) is 0 Å². The normalized spacial score (nSPS) is 26.3. The summed E-state index contributed by atoms with van der Waals surface area (Å²) in [7, 11) is 0. The monoisotopic (exact) mass is 198 g/mol. The quantitative estimate of drug-likeness (QED) is 0.387. The van der Waals surface area contributed by atoms with E-state index in [-0.39, 0.29) is 12.2 Å². The van der Waals surface area contributed by atoms with Crippen LogP contribution >= 0.6 is 0 Å². The van der Waals surface area contributed by atoms with Gasteiger partial charge < -0.3 is 9.47 Å². The Labute approximate surface area is 82.9 Å². The van der Waals surface area contributed by atoms with Crippen molar-refractivity contribution >= 4 is 12.4 Å². The zero-order chi connectivity index (χ0) is 10.4. The fourth-order valence-electron chi connectivity index (χ4n) is 1.62. The smallest absolute Gasteiger partial charge is 0.330 e. The molecule has 4 nitrogen and oxygen atoms in total. The third-order valence-corrected chi connectivity index (χ3v) is 2.31. The van der Waals surface area contributed by atoms with Crippen molar-refractivity contribution in [3.8, 4) is 0 Å². The van der Waals surface area contributed by atoms with E-state index in [1.54, 1.807) is 0 Å². The maximum absolute atomic E-state index is 10.9. The number of hydrogen-bond donors (Lipinski definition) is 0. The topological polar surface area (TPSA) is 52.6 Å². The molecular formula is C10H14O4. The lowest BCUT2D eigenvalue weighted by Crippen LogP contribution is -2.35. The molecule has 0 bridgehead atoms. The first kappa shape index (κ1) is 10.8. The second-order valence-electron chi connectivity index (χ2n) is 3.23. The molecule has 1 fully saturated rings. The van der Waals surface area contributed by atoms with Crippen molar-refractivity contribution in [1.82, 2.24) is 0 Å². The van der Waals surface area contributed by atoms with E-state index in [1.807, 2.05) is 0 Å². The Balaban J connectivity index is 2.48. The minimum atomic E-state index is -0.462. The largest absolute Gasteiger partial charge is 0.461 e. The second-order valence-corrected chi connectivity index (χ2v) is 3.23. The molecule has 78 valence electrons. The maximum atomic E-state index is 10.9. The molecule has 0 spiro atoms. The van der Waals surface area contributed by atoms with E-state index >= 15 is 0 Å². The Hall–Kier alpha value is -1.32. The predicted octanol–water partition coefficient (Wildman–Crippen LogP) is 1.20. The highest BCUT2D eigenvalue weighted by Crippen LogP contribution is 2.23. The van der Waals surface area contributed by atoms with Crippen molar-refractivity contribution in [3.63, 3.8) is 0 Å². The molecule has 1 rings (SSSR count). The van der Waals surface area contributed by atoms with Crippen LogP contribution in [0.5, 0.6) is 0 Å². The molecule has 0 amide bonds. The van der Waals surface area contributed by atoms with Gasteiger partial charge in [0, 0.05) is 6.08 Å². The summed E-state index contributed by atoms with van der Waals surface area (Å²) >= 11 is 0. The molecule has 1 aliphatic carbocycles. The van der Waals surface area contributed by atoms with Gasteiger partial charge in [-0.25, -0.2) is 4.79 Å². The first-order valence-corrected chi connectivity index (χ1v) is 4.70. The van der Waals surface area contributed by atoms with Crippen LogP contribution in [0.1, 0.15) is 25.7 Å². The lowest BCUT2D eigenvalue weighted by atomic mass is 9.94. The number of rotatable bonds is 4. The van der Waals surface area contributed by atoms with Gasteiger partial charge in [-0.3, -0.25) is 4.79 Å². The van der Waals surface area contributed by atoms with Gasteiger partial charge in [-0.15, -0.1) is 0 Å². The molecule has 0 aromatic carbocycles. The van der Waals surface area contributed by atoms with Gasteiger partial charge in [0.05, 0.1) is 0 Å². The van der Waals surface area contributed by atoms with E-state index in [0.717, 1.165) is 31.8 Å². The maximum Gasteiger partial charge on any atom is 0.330 e. The molecule has 0 heterocycles. The standard InChI is InChI=1S/C10H14O4/c1-2-10(12)14-9-6-4-3-5-8(9)13-7-11/h2,7-9H,1,3-6H2/t8?,9-/m0/s1. The third-order valence-electron chi connectivity index (χ3n) is 2.31. The average molecular weight is 198 g/mol. The summed E-state index contributed by atoms with van der Waals surface area (Å²) in [6.45, 7) is 3.72. The number of esters is 1. The zero-order valence-corrected chi connectivity index (χ0v) is 7.98. The fraction of sp³-hybridized carbons (Fsp3) is 0.600. The van der Waals surface area contributed by atoms with Gasteiger partial charge in [0.15, 0.2) is 0 Å². The van der Waals surface area contributed by atoms with Gasteiger partial charge in [-0.1, -0.05) is 6.58 Å². The number of hydrogen-bond acceptors (Lipinski definition) is 4. The molecule has 2 atom stereocenters. The van der Waals surface area contributed by atoms with E-state index in [2.05, 4.69) is 6.58 Å². The molecule has 4 heteroatoms. The van der Waals surface area contributed by atoms with Crippen LogP contribution in [0.3, 0.4) is 0 Å². The van der Waals surface area contributed by atoms with Crippen LogP contribution in [0.15, 0.2) is 12.7 Å². The van der Waals surface area contributed by atoms with E-state index in [1.165, 1.54) is 0 Å². The third kappa shape index (κ3) is 2.87. The van der Waals surface area contributed by atoms with Crippen molar-refractivity contribution < 1.29 is 19.1 Å². The number of carbonyl (C=O) groups is 2. The van der Waals surface area contributed by atoms with Crippen molar-refractivity contribution in [2.24, 2.45) is 0 Å². The van der Waals surface area contributed by atoms with Crippen molar-refractivity contribution in [1.29, 1.82) is 0 Å². The Morgan fingerprint density at radius 1 is 1.29 bits per heavy atom. The van der Waals surface area contributed by atoms with Crippen LogP contribution < -0.4 is 0 Å². The summed E-state index contributed by atoms with van der Waals surface area (Å²) in [5.74, 6) is -0.462. The first-order valence-electron chi connectivity index (χ1n) is 4.70. The van der Waals surface area contributed by atoms with Gasteiger partial charge >= 0.3 is 5.97 Å². The molecule has 0 aromatic heterocycles. The molecule has 1 aliphatic rings. The predicted molar refractivity (Wildman–Crippen MR) is 49.5 cm³/mol. The highest BCUT2D eigenvalue weighted by atomic mass is 16.6. The summed E-state index contributed by atoms with van der Waals surface area (Å²) in [5.41, 5.74) is 0. The molecule has 0 aromatic rings. The molecule has 14 heavy (non-hydrogen) atoms. The minimum Gasteiger partial charge on any atom is -0.461 e. The van der Waals surface area contributed by atoms with Crippen LogP contribution in [0.2, 0.25) is 0 Å². The van der Waals surface area contributed by atoms with Crippen LogP contribution in [-0.2, 0) is 19.1 Å². The van der Waals surface area contributed by atoms with Crippen LogP contribution in [-0.4, -0.2) is 24.6 Å². The molecule has 0 N–H and O–H groups in total. The lowest BCUT2D eigenvalue weighted by molar-refractivity contribution is -0.160. The van der Waals surface area contributed by atoms with Crippen molar-refractivity contribution in [2.75, 3.05) is 0 Å². The number of ether oxygens (including phenoxy) is 2. The Morgan fingerprint density at radius 2 is 1.93 bits per heavy atom. The van der Waals surface area contributed by atoms with Crippen LogP contribution in [0.4, 0.5) is 0 Å². The summed E-state index contributed by atoms with van der Waals surface area (Å²) in [6.07, 6.45) is 4.03. The van der Waals surface area contributed by atoms with Gasteiger partial charge in [0.25, 0.3) is 6.47 Å². The fourth-order valence-corrected chi connectivity index (χ4v) is 1.62. The highest BCUT2D eigenvalue weighted by molar-refractivity contribution is 5.81. The summed E-state index contributed by atoms with van der Waals surface area (Å²) < 4.78 is 9.91. The van der Waals surface area contributed by atoms with E-state index in [4.69, 9.17) is 9.47 Å². The van der Waals surface area contributed by atoms with Gasteiger partial charge in [-0.05, 0) is 25.7 Å². The number of carbonyl (C=O) groups excluding carboxylic acids is 2. The molecule has 1 saturated carbocycles. The Bertz CT molecular complexity index is 224. The summed E-state index contributed by atoms with van der Waals surface area (Å²) in [5, 5.41) is 0. The molecule has 1 unspecified atom stereocenters. The molecule has 0 radical (unpaired) electrons. The second kappa shape index (κ2) is 5.42. The van der Waals surface area contributed by atoms with Crippen LogP contribution in [0, 0.1) is 0 Å². The molecular weight excluding hydrogens is 184 g/mol. The summed E-state index contributed by atoms with van der Waals surface area (Å²) in [4.78, 5) is 21.1. The van der Waals surface area contributed by atoms with E-state index in [9.17, 15) is 9.59 Å². The SMILES string of the molecule is C=CC(=O)O[C@H]1CCCCC1OC=O. The van der Waals surface area contributed by atoms with E-state index in [0.29, 0.717) is 6.47 Å². The summed E-state index contributed by atoms with van der Waals surface area (Å²) in [6, 6.07) is 0. The Morgan fingerprint density at radius 3 is 2.50 bits per heavy atom. The first-order chi connectivity index (χ1) is 6.77. The Kier molecular flexibility index (Phi) is 4.16. The minimum absolute atomic E-state index is 0.287. The highest BCUT2D eigenvalue weighted by Gasteiger charge is 2.28. The van der Waals surface area contributed by atoms with Gasteiger partial charge in [-0.2, -0.15) is 0 Å². The van der Waals surface area contributed by atoms with Crippen molar-refractivity contribution in [3.05, 3.63) is 12.7 Å². The molecule has 0 saturated heterocycles. The van der Waals surface area contributed by atoms with E-state index < -0.39 is 5.97 Å². The van der Waals surface area contributed by atoms with Crippen LogP contribution in [0.25, 0.3) is 0 Å². The average Bonchev–Trinajstić information content (AvgIpc) is 2.21.